The number of urea groups is 1. The van der Waals surface area contributed by atoms with E-state index in [-0.39, 0.29) is 38.0 Å². The Morgan fingerprint density at radius 2 is 1.50 bits per heavy atom. The van der Waals surface area contributed by atoms with E-state index in [1.54, 1.807) is 41.3 Å². The van der Waals surface area contributed by atoms with Gasteiger partial charge in [-0.05, 0) is 71.8 Å². The number of nitrogens with one attached hydrogen (secondary N) is 2. The first-order valence-electron chi connectivity index (χ1n) is 13.5. The molecule has 1 saturated carbocycles. The minimum Gasteiger partial charge on any atom is -0.481 e. The summed E-state index contributed by atoms with van der Waals surface area (Å²) in [6.07, 6.45) is 6.05. The van der Waals surface area contributed by atoms with Crippen LogP contribution >= 0.6 is 23.2 Å². The van der Waals surface area contributed by atoms with Gasteiger partial charge in [0, 0.05) is 24.3 Å². The van der Waals surface area contributed by atoms with Gasteiger partial charge in [-0.1, -0.05) is 72.8 Å². The maximum atomic E-state index is 13.5. The number of anilines is 1. The van der Waals surface area contributed by atoms with Crippen molar-refractivity contribution in [3.8, 4) is 0 Å². The second kappa shape index (κ2) is 14.2. The Balaban J connectivity index is 1.49. The maximum Gasteiger partial charge on any atom is 0.322 e. The van der Waals surface area contributed by atoms with Gasteiger partial charge in [-0.3, -0.25) is 14.5 Å². The first kappa shape index (κ1) is 29.4. The van der Waals surface area contributed by atoms with Crippen molar-refractivity contribution in [1.82, 2.24) is 10.6 Å². The number of hydrogen-bond acceptors (Lipinski definition) is 3. The molecule has 0 aromatic heterocycles. The third kappa shape index (κ3) is 8.23. The molecule has 9 heteroatoms. The predicted octanol–water partition coefficient (Wildman–Crippen LogP) is 7.16. The number of nitrogens with zero attached hydrogens (tertiary/aromatic N) is 1. The number of carbonyl (C=O) groups is 3. The molecule has 0 spiro atoms. The van der Waals surface area contributed by atoms with E-state index in [2.05, 4.69) is 22.8 Å². The number of carbonyl (C=O) groups excluding carboxylic acids is 2. The molecule has 7 nitrogen and oxygen atoms in total. The van der Waals surface area contributed by atoms with Crippen molar-refractivity contribution >= 4 is 46.8 Å². The summed E-state index contributed by atoms with van der Waals surface area (Å²) in [4.78, 5) is 38.1. The minimum absolute atomic E-state index is 0.0551. The second-order valence-electron chi connectivity index (χ2n) is 10.0. The molecule has 4 rings (SSSR count). The summed E-state index contributed by atoms with van der Waals surface area (Å²) < 4.78 is 0. The van der Waals surface area contributed by atoms with E-state index in [4.69, 9.17) is 28.3 Å². The molecule has 1 aliphatic rings. The topological polar surface area (TPSA) is 98.7 Å². The lowest BCUT2D eigenvalue weighted by Gasteiger charge is -2.26. The Labute approximate surface area is 244 Å². The van der Waals surface area contributed by atoms with Crippen molar-refractivity contribution in [2.45, 2.75) is 57.5 Å². The summed E-state index contributed by atoms with van der Waals surface area (Å²) in [6, 6.07) is 20.1. The zero-order valence-electron chi connectivity index (χ0n) is 22.2. The molecule has 0 radical (unpaired) electrons. The molecule has 1 fully saturated rings. The third-order valence-electron chi connectivity index (χ3n) is 7.14. The van der Waals surface area contributed by atoms with Crippen molar-refractivity contribution in [2.24, 2.45) is 0 Å². The van der Waals surface area contributed by atoms with Gasteiger partial charge in [0.15, 0.2) is 0 Å². The number of halogens is 2. The molecule has 0 aliphatic heterocycles. The monoisotopic (exact) mass is 581 g/mol. The summed E-state index contributed by atoms with van der Waals surface area (Å²) in [6.45, 7) is 0.623. The van der Waals surface area contributed by atoms with E-state index < -0.39 is 5.97 Å². The molecule has 3 aromatic carbocycles. The third-order valence-corrected chi connectivity index (χ3v) is 7.87. The van der Waals surface area contributed by atoms with Gasteiger partial charge in [0.2, 0.25) is 0 Å². The Morgan fingerprint density at radius 1 is 0.825 bits per heavy atom. The number of carboxylic acids is 1. The predicted molar refractivity (Wildman–Crippen MR) is 158 cm³/mol. The molecule has 0 bridgehead atoms. The van der Waals surface area contributed by atoms with Crippen LogP contribution in [0, 0.1) is 0 Å². The molecular formula is C31H33Cl2N3O4. The van der Waals surface area contributed by atoms with Crippen LogP contribution in [0.25, 0.3) is 0 Å². The highest BCUT2D eigenvalue weighted by molar-refractivity contribution is 6.42. The summed E-state index contributed by atoms with van der Waals surface area (Å²) in [5.41, 5.74) is 4.15. The van der Waals surface area contributed by atoms with Crippen molar-refractivity contribution in [3.05, 3.63) is 99.0 Å². The number of benzene rings is 3. The molecule has 1 aliphatic carbocycles. The molecule has 3 amide bonds. The van der Waals surface area contributed by atoms with Crippen LogP contribution in [0.4, 0.5) is 10.5 Å². The van der Waals surface area contributed by atoms with Crippen LogP contribution in [0.1, 0.15) is 71.5 Å². The molecule has 0 saturated heterocycles. The quantitative estimate of drug-likeness (QED) is 0.236. The Morgan fingerprint density at radius 3 is 2.15 bits per heavy atom. The van der Waals surface area contributed by atoms with Gasteiger partial charge in [-0.25, -0.2) is 4.79 Å². The van der Waals surface area contributed by atoms with Gasteiger partial charge in [0.25, 0.3) is 5.91 Å². The fourth-order valence-corrected chi connectivity index (χ4v) is 5.22. The fourth-order valence-electron chi connectivity index (χ4n) is 4.89. The standard InChI is InChI=1S/C31H33Cl2N3O4/c32-27-15-8-22(18-28(27)33)19-35-31(40)36(26-13-11-24(12-14-26)23-4-2-1-3-5-23)20-21-6-9-25(10-7-21)30(39)34-17-16-29(37)38/h6-15,18,23H,1-5,16-17,19-20H2,(H,34,39)(H,35,40)(H,37,38). The van der Waals surface area contributed by atoms with E-state index >= 15 is 0 Å². The van der Waals surface area contributed by atoms with Crippen LogP contribution in [0.3, 0.4) is 0 Å². The molecule has 40 heavy (non-hydrogen) atoms. The molecule has 0 heterocycles. The van der Waals surface area contributed by atoms with Crippen molar-refractivity contribution in [2.75, 3.05) is 11.4 Å². The summed E-state index contributed by atoms with van der Waals surface area (Å²) >= 11 is 12.2. The summed E-state index contributed by atoms with van der Waals surface area (Å²) in [5, 5.41) is 15.2. The Kier molecular flexibility index (Phi) is 10.4. The van der Waals surface area contributed by atoms with E-state index in [1.807, 2.05) is 18.2 Å². The number of amides is 3. The number of hydrogen-bond donors (Lipinski definition) is 3. The zero-order valence-corrected chi connectivity index (χ0v) is 23.7. The highest BCUT2D eigenvalue weighted by Crippen LogP contribution is 2.33. The normalized spacial score (nSPS) is 13.4. The van der Waals surface area contributed by atoms with Gasteiger partial charge in [-0.2, -0.15) is 0 Å². The lowest BCUT2D eigenvalue weighted by atomic mass is 9.84. The molecule has 0 atom stereocenters. The van der Waals surface area contributed by atoms with Gasteiger partial charge >= 0.3 is 12.0 Å². The fraction of sp³-hybridized carbons (Fsp3) is 0.323. The summed E-state index contributed by atoms with van der Waals surface area (Å²) in [7, 11) is 0. The zero-order chi connectivity index (χ0) is 28.5. The number of rotatable bonds is 10. The van der Waals surface area contributed by atoms with Crippen LogP contribution in [0.5, 0.6) is 0 Å². The van der Waals surface area contributed by atoms with Crippen molar-refractivity contribution in [1.29, 1.82) is 0 Å². The first-order valence-corrected chi connectivity index (χ1v) is 14.2. The molecule has 210 valence electrons. The van der Waals surface area contributed by atoms with E-state index in [9.17, 15) is 14.4 Å². The maximum absolute atomic E-state index is 13.5. The van der Waals surface area contributed by atoms with Crippen molar-refractivity contribution in [3.63, 3.8) is 0 Å². The number of carboxylic acid groups (broad SMARTS) is 1. The minimum atomic E-state index is -0.972. The lowest BCUT2D eigenvalue weighted by Crippen LogP contribution is -2.39. The first-order chi connectivity index (χ1) is 19.3. The van der Waals surface area contributed by atoms with Gasteiger partial charge in [-0.15, -0.1) is 0 Å². The van der Waals surface area contributed by atoms with Gasteiger partial charge in [0.05, 0.1) is 23.0 Å². The summed E-state index contributed by atoms with van der Waals surface area (Å²) in [5.74, 6) is -0.754. The van der Waals surface area contributed by atoms with E-state index in [0.717, 1.165) is 16.8 Å². The Bertz CT molecular complexity index is 1320. The van der Waals surface area contributed by atoms with E-state index in [1.165, 1.54) is 37.7 Å². The highest BCUT2D eigenvalue weighted by Gasteiger charge is 2.19. The number of aliphatic carboxylic acids is 1. The van der Waals surface area contributed by atoms with Gasteiger partial charge < -0.3 is 15.7 Å². The average Bonchev–Trinajstić information content (AvgIpc) is 2.97. The molecule has 3 N–H and O–H groups in total. The van der Waals surface area contributed by atoms with Crippen LogP contribution in [-0.4, -0.2) is 29.6 Å². The average molecular weight is 583 g/mol. The van der Waals surface area contributed by atoms with E-state index in [0.29, 0.717) is 21.5 Å². The highest BCUT2D eigenvalue weighted by atomic mass is 35.5. The van der Waals surface area contributed by atoms with Crippen LogP contribution in [0.15, 0.2) is 66.7 Å². The van der Waals surface area contributed by atoms with Gasteiger partial charge in [0.1, 0.15) is 0 Å². The second-order valence-corrected chi connectivity index (χ2v) is 10.8. The largest absolute Gasteiger partial charge is 0.481 e. The molecular weight excluding hydrogens is 549 g/mol. The SMILES string of the molecule is O=C(O)CCNC(=O)c1ccc(CN(C(=O)NCc2ccc(Cl)c(Cl)c2)c2ccc(C3CCCCC3)cc2)cc1. The smallest absolute Gasteiger partial charge is 0.322 e. The van der Waals surface area contributed by atoms with Crippen LogP contribution in [0.2, 0.25) is 10.0 Å². The van der Waals surface area contributed by atoms with Crippen LogP contribution in [-0.2, 0) is 17.9 Å². The van der Waals surface area contributed by atoms with Crippen LogP contribution < -0.4 is 15.5 Å². The molecule has 3 aromatic rings. The molecule has 0 unspecified atom stereocenters. The lowest BCUT2D eigenvalue weighted by molar-refractivity contribution is -0.136. The Hall–Kier alpha value is -3.55. The van der Waals surface area contributed by atoms with Crippen molar-refractivity contribution < 1.29 is 19.5 Å².